The van der Waals surface area contributed by atoms with Crippen LogP contribution in [0.2, 0.25) is 0 Å². The topological polar surface area (TPSA) is 57.5 Å². The molecule has 0 saturated carbocycles. The van der Waals surface area contributed by atoms with E-state index in [4.69, 9.17) is 5.11 Å². The lowest BCUT2D eigenvalue weighted by atomic mass is 9.96. The summed E-state index contributed by atoms with van der Waals surface area (Å²) >= 11 is 3.46. The summed E-state index contributed by atoms with van der Waals surface area (Å²) in [5.41, 5.74) is 3.44. The molecule has 2 N–H and O–H groups in total. The average molecular weight is 287 g/mol. The van der Waals surface area contributed by atoms with Crippen molar-refractivity contribution in [1.29, 1.82) is 0 Å². The molecule has 1 aromatic rings. The van der Waals surface area contributed by atoms with E-state index in [9.17, 15) is 9.90 Å². The molecule has 0 aliphatic carbocycles. The molecule has 0 aliphatic heterocycles. The summed E-state index contributed by atoms with van der Waals surface area (Å²) in [7, 11) is 0. The van der Waals surface area contributed by atoms with Crippen LogP contribution in [0.25, 0.3) is 0 Å². The van der Waals surface area contributed by atoms with Gasteiger partial charge in [0, 0.05) is 10.9 Å². The molecular formula is C12H15BrO3. The van der Waals surface area contributed by atoms with Crippen LogP contribution in [-0.2, 0) is 11.2 Å². The first-order chi connectivity index (χ1) is 7.36. The molecule has 0 amide bonds. The Labute approximate surface area is 103 Å². The van der Waals surface area contributed by atoms with Crippen molar-refractivity contribution in [3.63, 3.8) is 0 Å². The molecular weight excluding hydrogens is 272 g/mol. The number of phenolic OH excluding ortho intramolecular Hbond substituents is 1. The molecule has 88 valence electrons. The zero-order valence-corrected chi connectivity index (χ0v) is 11.2. The van der Waals surface area contributed by atoms with E-state index in [1.807, 2.05) is 20.8 Å². The highest BCUT2D eigenvalue weighted by molar-refractivity contribution is 9.10. The first-order valence-electron chi connectivity index (χ1n) is 5.05. The summed E-state index contributed by atoms with van der Waals surface area (Å²) in [4.78, 5) is 10.5. The molecule has 0 saturated heterocycles. The third kappa shape index (κ3) is 2.38. The van der Waals surface area contributed by atoms with Crippen molar-refractivity contribution < 1.29 is 15.0 Å². The molecule has 1 rings (SSSR count). The highest BCUT2D eigenvalue weighted by Crippen LogP contribution is 2.35. The lowest BCUT2D eigenvalue weighted by Gasteiger charge is -2.15. The van der Waals surface area contributed by atoms with Crippen LogP contribution in [-0.4, -0.2) is 16.2 Å². The predicted octanol–water partition coefficient (Wildman–Crippen LogP) is 3.10. The Morgan fingerprint density at radius 1 is 1.19 bits per heavy atom. The Morgan fingerprint density at radius 2 is 1.75 bits per heavy atom. The van der Waals surface area contributed by atoms with E-state index in [-0.39, 0.29) is 12.2 Å². The van der Waals surface area contributed by atoms with Gasteiger partial charge in [0.25, 0.3) is 0 Å². The summed E-state index contributed by atoms with van der Waals surface area (Å²) in [5, 5.41) is 18.6. The van der Waals surface area contributed by atoms with Crippen LogP contribution in [0, 0.1) is 20.8 Å². The third-order valence-electron chi connectivity index (χ3n) is 2.90. The number of aliphatic carboxylic acids is 1. The van der Waals surface area contributed by atoms with Crippen molar-refractivity contribution in [2.75, 3.05) is 0 Å². The SMILES string of the molecule is Cc1c(C)c(Br)c(C)c(CCC(=O)O)c1O. The van der Waals surface area contributed by atoms with Crippen LogP contribution in [0.15, 0.2) is 4.47 Å². The van der Waals surface area contributed by atoms with Gasteiger partial charge in [0.1, 0.15) is 5.75 Å². The molecule has 0 aliphatic rings. The molecule has 0 bridgehead atoms. The highest BCUT2D eigenvalue weighted by atomic mass is 79.9. The first-order valence-corrected chi connectivity index (χ1v) is 5.84. The summed E-state index contributed by atoms with van der Waals surface area (Å²) in [6.07, 6.45) is 0.385. The van der Waals surface area contributed by atoms with Gasteiger partial charge in [-0.3, -0.25) is 4.79 Å². The van der Waals surface area contributed by atoms with E-state index in [0.717, 1.165) is 26.7 Å². The van der Waals surface area contributed by atoms with Crippen LogP contribution in [0.1, 0.15) is 28.7 Å². The average Bonchev–Trinajstić information content (AvgIpc) is 2.23. The number of hydrogen-bond donors (Lipinski definition) is 2. The minimum Gasteiger partial charge on any atom is -0.507 e. The van der Waals surface area contributed by atoms with E-state index >= 15 is 0 Å². The molecule has 0 spiro atoms. The first kappa shape index (κ1) is 13.0. The number of halogens is 1. The summed E-state index contributed by atoms with van der Waals surface area (Å²) in [6, 6.07) is 0. The molecule has 16 heavy (non-hydrogen) atoms. The Bertz CT molecular complexity index is 409. The van der Waals surface area contributed by atoms with Gasteiger partial charge < -0.3 is 10.2 Å². The Morgan fingerprint density at radius 3 is 2.25 bits per heavy atom. The second-order valence-electron chi connectivity index (χ2n) is 3.91. The van der Waals surface area contributed by atoms with Gasteiger partial charge in [-0.25, -0.2) is 0 Å². The van der Waals surface area contributed by atoms with Crippen molar-refractivity contribution in [3.8, 4) is 5.75 Å². The number of hydrogen-bond acceptors (Lipinski definition) is 2. The molecule has 4 heteroatoms. The number of carbonyl (C=O) groups is 1. The van der Waals surface area contributed by atoms with Crippen molar-refractivity contribution in [3.05, 3.63) is 26.7 Å². The van der Waals surface area contributed by atoms with E-state index in [1.54, 1.807) is 0 Å². The van der Waals surface area contributed by atoms with Crippen LogP contribution < -0.4 is 0 Å². The number of phenols is 1. The maximum Gasteiger partial charge on any atom is 0.303 e. The molecule has 0 fully saturated rings. The van der Waals surface area contributed by atoms with Crippen molar-refractivity contribution in [2.45, 2.75) is 33.6 Å². The largest absolute Gasteiger partial charge is 0.507 e. The van der Waals surface area contributed by atoms with E-state index in [2.05, 4.69) is 15.9 Å². The van der Waals surface area contributed by atoms with Gasteiger partial charge in [-0.05, 0) is 49.4 Å². The summed E-state index contributed by atoms with van der Waals surface area (Å²) < 4.78 is 0.947. The smallest absolute Gasteiger partial charge is 0.303 e. The Balaban J connectivity index is 3.23. The fourth-order valence-corrected chi connectivity index (χ4v) is 2.23. The van der Waals surface area contributed by atoms with Crippen molar-refractivity contribution in [1.82, 2.24) is 0 Å². The second-order valence-corrected chi connectivity index (χ2v) is 4.70. The zero-order chi connectivity index (χ0) is 12.5. The Kier molecular flexibility index (Phi) is 3.97. The van der Waals surface area contributed by atoms with Crippen LogP contribution in [0.4, 0.5) is 0 Å². The quantitative estimate of drug-likeness (QED) is 0.898. The molecule has 1 aromatic carbocycles. The highest BCUT2D eigenvalue weighted by Gasteiger charge is 2.15. The molecule has 0 aromatic heterocycles. The number of benzene rings is 1. The number of rotatable bonds is 3. The Hall–Kier alpha value is -1.03. The van der Waals surface area contributed by atoms with Crippen LogP contribution in [0.3, 0.4) is 0 Å². The maximum absolute atomic E-state index is 10.5. The van der Waals surface area contributed by atoms with Gasteiger partial charge in [-0.15, -0.1) is 0 Å². The lowest BCUT2D eigenvalue weighted by Crippen LogP contribution is -2.02. The number of aromatic hydroxyl groups is 1. The zero-order valence-electron chi connectivity index (χ0n) is 9.59. The number of carboxylic acids is 1. The van der Waals surface area contributed by atoms with Gasteiger partial charge in [0.05, 0.1) is 0 Å². The molecule has 3 nitrogen and oxygen atoms in total. The normalized spacial score (nSPS) is 10.5. The standard InChI is InChI=1S/C12H15BrO3/c1-6-7(2)12(16)9(4-5-10(14)15)8(3)11(6)13/h16H,4-5H2,1-3H3,(H,14,15). The minimum absolute atomic E-state index is 0.0311. The fourth-order valence-electron chi connectivity index (χ4n) is 1.70. The monoisotopic (exact) mass is 286 g/mol. The molecule has 0 radical (unpaired) electrons. The molecule has 0 heterocycles. The maximum atomic E-state index is 10.5. The predicted molar refractivity (Wildman–Crippen MR) is 66.0 cm³/mol. The summed E-state index contributed by atoms with van der Waals surface area (Å²) in [5.74, 6) is -0.632. The molecule has 0 atom stereocenters. The van der Waals surface area contributed by atoms with E-state index in [0.29, 0.717) is 6.42 Å². The minimum atomic E-state index is -0.854. The van der Waals surface area contributed by atoms with Gasteiger partial charge in [0.2, 0.25) is 0 Å². The van der Waals surface area contributed by atoms with Gasteiger partial charge >= 0.3 is 5.97 Å². The third-order valence-corrected chi connectivity index (χ3v) is 4.09. The van der Waals surface area contributed by atoms with Gasteiger partial charge in [0.15, 0.2) is 0 Å². The van der Waals surface area contributed by atoms with Crippen LogP contribution >= 0.6 is 15.9 Å². The lowest BCUT2D eigenvalue weighted by molar-refractivity contribution is -0.136. The van der Waals surface area contributed by atoms with Crippen LogP contribution in [0.5, 0.6) is 5.75 Å². The van der Waals surface area contributed by atoms with Crippen molar-refractivity contribution >= 4 is 21.9 Å². The van der Waals surface area contributed by atoms with E-state index < -0.39 is 5.97 Å². The van der Waals surface area contributed by atoms with Gasteiger partial charge in [-0.2, -0.15) is 0 Å². The molecule has 0 unspecified atom stereocenters. The van der Waals surface area contributed by atoms with Gasteiger partial charge in [-0.1, -0.05) is 15.9 Å². The number of carboxylic acid groups (broad SMARTS) is 1. The van der Waals surface area contributed by atoms with E-state index in [1.165, 1.54) is 0 Å². The fraction of sp³-hybridized carbons (Fsp3) is 0.417. The summed E-state index contributed by atoms with van der Waals surface area (Å²) in [6.45, 7) is 5.64. The second kappa shape index (κ2) is 4.87. The van der Waals surface area contributed by atoms with Crippen molar-refractivity contribution in [2.24, 2.45) is 0 Å².